The van der Waals surface area contributed by atoms with Crippen molar-refractivity contribution in [1.82, 2.24) is 5.73 Å². The fourth-order valence-electron chi connectivity index (χ4n) is 0.793. The SMILES string of the molecule is [NH]C1(COc2ccccc2)OO1. The monoisotopic (exact) mass is 166 g/mol. The van der Waals surface area contributed by atoms with Crippen molar-refractivity contribution in [2.24, 2.45) is 0 Å². The van der Waals surface area contributed by atoms with Gasteiger partial charge in [-0.25, -0.2) is 0 Å². The van der Waals surface area contributed by atoms with E-state index in [9.17, 15) is 0 Å². The lowest BCUT2D eigenvalue weighted by Gasteiger charge is -2.03. The molecule has 0 unspecified atom stereocenters. The van der Waals surface area contributed by atoms with Gasteiger partial charge in [0.25, 0.3) is 0 Å². The molecular weight excluding hydrogens is 158 g/mol. The Bertz CT molecular complexity index is 258. The molecule has 1 aromatic carbocycles. The molecule has 1 fully saturated rings. The van der Waals surface area contributed by atoms with E-state index in [0.717, 1.165) is 0 Å². The molecule has 12 heavy (non-hydrogen) atoms. The molecule has 1 heterocycles. The standard InChI is InChI=1S/C8H8NO3/c9-8(11-12-8)6-10-7-4-2-1-3-5-7/h1-5,9H,6H2. The Balaban J connectivity index is 1.88. The Morgan fingerprint density at radius 1 is 1.25 bits per heavy atom. The van der Waals surface area contributed by atoms with Gasteiger partial charge in [-0.2, -0.15) is 15.5 Å². The van der Waals surface area contributed by atoms with Crippen molar-refractivity contribution < 1.29 is 14.5 Å². The third-order valence-corrected chi connectivity index (χ3v) is 1.46. The minimum Gasteiger partial charge on any atom is -0.486 e. The summed E-state index contributed by atoms with van der Waals surface area (Å²) in [7, 11) is 0. The molecule has 4 nitrogen and oxygen atoms in total. The van der Waals surface area contributed by atoms with Gasteiger partial charge >= 0.3 is 5.91 Å². The normalized spacial score (nSPS) is 18.8. The predicted octanol–water partition coefficient (Wildman–Crippen LogP) is 0.964. The highest BCUT2D eigenvalue weighted by molar-refractivity contribution is 5.20. The van der Waals surface area contributed by atoms with Crippen LogP contribution in [0, 0.1) is 0 Å². The van der Waals surface area contributed by atoms with Gasteiger partial charge in [0.1, 0.15) is 5.75 Å². The lowest BCUT2D eigenvalue weighted by Crippen LogP contribution is -2.21. The Morgan fingerprint density at radius 2 is 1.92 bits per heavy atom. The molecule has 1 radical (unpaired) electrons. The number of benzene rings is 1. The zero-order chi connectivity index (χ0) is 8.44. The van der Waals surface area contributed by atoms with Crippen LogP contribution in [0.3, 0.4) is 0 Å². The number of rotatable bonds is 3. The van der Waals surface area contributed by atoms with Gasteiger partial charge in [0.2, 0.25) is 0 Å². The molecule has 1 saturated heterocycles. The van der Waals surface area contributed by atoms with Crippen LogP contribution in [-0.2, 0) is 9.78 Å². The maximum atomic E-state index is 7.22. The molecule has 4 heteroatoms. The quantitative estimate of drug-likeness (QED) is 0.496. The Morgan fingerprint density at radius 3 is 2.50 bits per heavy atom. The first-order chi connectivity index (χ1) is 5.79. The van der Waals surface area contributed by atoms with Crippen LogP contribution in [-0.4, -0.2) is 12.5 Å². The van der Waals surface area contributed by atoms with Crippen LogP contribution in [0.15, 0.2) is 30.3 Å². The number of ether oxygens (including phenoxy) is 1. The fraction of sp³-hybridized carbons (Fsp3) is 0.250. The fourth-order valence-corrected chi connectivity index (χ4v) is 0.793. The van der Waals surface area contributed by atoms with E-state index in [2.05, 4.69) is 9.78 Å². The summed E-state index contributed by atoms with van der Waals surface area (Å²) in [6.45, 7) is 0.0943. The van der Waals surface area contributed by atoms with Gasteiger partial charge in [0, 0.05) is 0 Å². The molecule has 1 aliphatic rings. The topological polar surface area (TPSA) is 58.1 Å². The molecule has 63 valence electrons. The summed E-state index contributed by atoms with van der Waals surface area (Å²) >= 11 is 0. The molecule has 1 N–H and O–H groups in total. The van der Waals surface area contributed by atoms with Gasteiger partial charge in [0.15, 0.2) is 6.61 Å². The van der Waals surface area contributed by atoms with Crippen molar-refractivity contribution >= 4 is 0 Å². The van der Waals surface area contributed by atoms with Crippen LogP contribution in [0.2, 0.25) is 0 Å². The van der Waals surface area contributed by atoms with Crippen LogP contribution in [0.5, 0.6) is 5.75 Å². The number of nitrogens with one attached hydrogen (secondary N) is 1. The highest BCUT2D eigenvalue weighted by Gasteiger charge is 2.47. The molecule has 0 saturated carbocycles. The van der Waals surface area contributed by atoms with E-state index in [1.54, 1.807) is 0 Å². The van der Waals surface area contributed by atoms with Crippen LogP contribution in [0.4, 0.5) is 0 Å². The number of hydrogen-bond donors (Lipinski definition) is 0. The van der Waals surface area contributed by atoms with Gasteiger partial charge in [-0.15, -0.1) is 0 Å². The zero-order valence-electron chi connectivity index (χ0n) is 6.32. The molecule has 0 aliphatic carbocycles. The summed E-state index contributed by atoms with van der Waals surface area (Å²) in [5, 5.41) is 0. The van der Waals surface area contributed by atoms with Gasteiger partial charge in [0.05, 0.1) is 0 Å². The van der Waals surface area contributed by atoms with E-state index < -0.39 is 5.91 Å². The van der Waals surface area contributed by atoms with E-state index >= 15 is 0 Å². The second kappa shape index (κ2) is 2.75. The highest BCUT2D eigenvalue weighted by Crippen LogP contribution is 2.25. The average Bonchev–Trinajstić information content (AvgIpc) is 2.84. The maximum absolute atomic E-state index is 7.22. The van der Waals surface area contributed by atoms with Crippen LogP contribution >= 0.6 is 0 Å². The van der Waals surface area contributed by atoms with E-state index in [-0.39, 0.29) is 6.61 Å². The summed E-state index contributed by atoms with van der Waals surface area (Å²) < 4.78 is 5.20. The second-order valence-corrected chi connectivity index (χ2v) is 2.52. The zero-order valence-corrected chi connectivity index (χ0v) is 6.32. The lowest BCUT2D eigenvalue weighted by atomic mass is 10.3. The summed E-state index contributed by atoms with van der Waals surface area (Å²) in [5.74, 6) is -0.557. The molecular formula is C8H8NO3. The highest BCUT2D eigenvalue weighted by atomic mass is 17.4. The smallest absolute Gasteiger partial charge is 0.333 e. The first-order valence-corrected chi connectivity index (χ1v) is 3.58. The Labute approximate surface area is 69.8 Å². The summed E-state index contributed by atoms with van der Waals surface area (Å²) in [4.78, 5) is 8.72. The average molecular weight is 166 g/mol. The predicted molar refractivity (Wildman–Crippen MR) is 39.9 cm³/mol. The van der Waals surface area contributed by atoms with Crippen molar-refractivity contribution in [3.05, 3.63) is 30.3 Å². The third kappa shape index (κ3) is 1.73. The molecule has 0 bridgehead atoms. The van der Waals surface area contributed by atoms with Crippen LogP contribution in [0.1, 0.15) is 0 Å². The third-order valence-electron chi connectivity index (χ3n) is 1.46. The molecule has 0 atom stereocenters. The van der Waals surface area contributed by atoms with Crippen molar-refractivity contribution in [2.45, 2.75) is 5.91 Å². The Kier molecular flexibility index (Phi) is 1.73. The van der Waals surface area contributed by atoms with Crippen molar-refractivity contribution in [2.75, 3.05) is 6.61 Å². The van der Waals surface area contributed by atoms with E-state index in [4.69, 9.17) is 10.5 Å². The summed E-state index contributed by atoms with van der Waals surface area (Å²) in [6, 6.07) is 9.24. The maximum Gasteiger partial charge on any atom is 0.333 e. The van der Waals surface area contributed by atoms with Crippen LogP contribution < -0.4 is 10.5 Å². The molecule has 0 aromatic heterocycles. The van der Waals surface area contributed by atoms with Crippen LogP contribution in [0.25, 0.3) is 0 Å². The summed E-state index contributed by atoms with van der Waals surface area (Å²) in [6.07, 6.45) is 0. The first kappa shape index (κ1) is 7.54. The number of hydrogen-bond acceptors (Lipinski definition) is 3. The molecule has 1 aromatic rings. The molecule has 2 rings (SSSR count). The van der Waals surface area contributed by atoms with Gasteiger partial charge in [-0.3, -0.25) is 0 Å². The summed E-state index contributed by atoms with van der Waals surface area (Å²) in [5.41, 5.74) is 7.22. The second-order valence-electron chi connectivity index (χ2n) is 2.52. The minimum atomic E-state index is -1.27. The largest absolute Gasteiger partial charge is 0.486 e. The molecule has 0 amide bonds. The Hall–Kier alpha value is -1.10. The van der Waals surface area contributed by atoms with Gasteiger partial charge in [-0.05, 0) is 12.1 Å². The van der Waals surface area contributed by atoms with Crippen molar-refractivity contribution in [3.8, 4) is 5.75 Å². The van der Waals surface area contributed by atoms with Gasteiger partial charge in [-0.1, -0.05) is 18.2 Å². The van der Waals surface area contributed by atoms with Crippen molar-refractivity contribution in [3.63, 3.8) is 0 Å². The van der Waals surface area contributed by atoms with Crippen molar-refractivity contribution in [1.29, 1.82) is 0 Å². The molecule has 0 spiro atoms. The van der Waals surface area contributed by atoms with E-state index in [1.165, 1.54) is 0 Å². The van der Waals surface area contributed by atoms with E-state index in [0.29, 0.717) is 5.75 Å². The first-order valence-electron chi connectivity index (χ1n) is 3.58. The lowest BCUT2D eigenvalue weighted by molar-refractivity contribution is 0.0850. The molecule has 1 aliphatic heterocycles. The minimum absolute atomic E-state index is 0.0943. The van der Waals surface area contributed by atoms with Gasteiger partial charge < -0.3 is 4.74 Å². The number of para-hydroxylation sites is 1. The van der Waals surface area contributed by atoms with E-state index in [1.807, 2.05) is 30.3 Å².